The first kappa shape index (κ1) is 14.6. The molecule has 0 unspecified atom stereocenters. The van der Waals surface area contributed by atoms with Gasteiger partial charge in [-0.2, -0.15) is 0 Å². The summed E-state index contributed by atoms with van der Waals surface area (Å²) >= 11 is 1.11. The molecule has 1 amide bonds. The van der Waals surface area contributed by atoms with Gasteiger partial charge in [0.25, 0.3) is 5.91 Å². The molecule has 1 heterocycles. The highest BCUT2D eigenvalue weighted by molar-refractivity contribution is 7.19. The lowest BCUT2D eigenvalue weighted by molar-refractivity contribution is 0.0603. The van der Waals surface area contributed by atoms with Crippen LogP contribution in [0.3, 0.4) is 0 Å². The van der Waals surface area contributed by atoms with Gasteiger partial charge in [-0.1, -0.05) is 6.92 Å². The van der Waals surface area contributed by atoms with Gasteiger partial charge in [-0.25, -0.2) is 4.79 Å². The smallest absolute Gasteiger partial charge is 0.343 e. The number of nitrogen functional groups attached to an aromatic ring is 1. The van der Waals surface area contributed by atoms with Gasteiger partial charge in [-0.05, 0) is 24.7 Å². The predicted octanol–water partition coefficient (Wildman–Crippen LogP) is 1.82. The number of nitrogens with two attached hydrogens (primary N) is 2. The summed E-state index contributed by atoms with van der Waals surface area (Å²) in [5.41, 5.74) is 11.7. The molecular weight excluding hydrogens is 278 g/mol. The summed E-state index contributed by atoms with van der Waals surface area (Å²) in [5.74, 6) is -1.20. The van der Waals surface area contributed by atoms with Crippen molar-refractivity contribution < 1.29 is 14.3 Å². The average Bonchev–Trinajstić information content (AvgIpc) is 3.13. The number of ether oxygens (including phenoxy) is 1. The largest absolute Gasteiger partial charge is 0.465 e. The predicted molar refractivity (Wildman–Crippen MR) is 79.0 cm³/mol. The lowest BCUT2D eigenvalue weighted by Crippen LogP contribution is -2.16. The molecule has 0 aliphatic heterocycles. The van der Waals surface area contributed by atoms with Crippen LogP contribution in [-0.2, 0) is 4.74 Å². The molecule has 0 aromatic carbocycles. The number of anilines is 2. The number of carbonyl (C=O) groups excluding carboxylic acids is 2. The van der Waals surface area contributed by atoms with Crippen molar-refractivity contribution in [1.29, 1.82) is 0 Å². The van der Waals surface area contributed by atoms with E-state index in [2.05, 4.69) is 12.2 Å². The van der Waals surface area contributed by atoms with E-state index in [1.807, 2.05) is 0 Å². The molecule has 0 spiro atoms. The minimum atomic E-state index is -0.637. The Hall–Kier alpha value is -1.76. The minimum absolute atomic E-state index is 0.0956. The molecule has 20 heavy (non-hydrogen) atoms. The number of primary amides is 1. The zero-order valence-electron chi connectivity index (χ0n) is 11.6. The van der Waals surface area contributed by atoms with Crippen molar-refractivity contribution in [3.63, 3.8) is 0 Å². The molecule has 1 aromatic heterocycles. The van der Waals surface area contributed by atoms with Crippen molar-refractivity contribution >= 4 is 33.9 Å². The molecular formula is C13H19N3O3S. The standard InChI is InChI=1S/C13H19N3O3S/c1-3-13(4-5-13)6-16-11-7(12(18)19-2)8(14)9(20-11)10(15)17/h16H,3-6,14H2,1-2H3,(H2,15,17). The molecule has 1 fully saturated rings. The Morgan fingerprint density at radius 3 is 2.55 bits per heavy atom. The van der Waals surface area contributed by atoms with E-state index < -0.39 is 11.9 Å². The lowest BCUT2D eigenvalue weighted by Gasteiger charge is -2.14. The number of esters is 1. The van der Waals surface area contributed by atoms with E-state index in [0.717, 1.165) is 24.3 Å². The van der Waals surface area contributed by atoms with E-state index >= 15 is 0 Å². The number of hydrogen-bond donors (Lipinski definition) is 3. The van der Waals surface area contributed by atoms with Crippen LogP contribution in [-0.4, -0.2) is 25.5 Å². The van der Waals surface area contributed by atoms with E-state index in [-0.39, 0.29) is 16.1 Å². The van der Waals surface area contributed by atoms with Gasteiger partial charge in [-0.15, -0.1) is 11.3 Å². The molecule has 0 radical (unpaired) electrons. The van der Waals surface area contributed by atoms with Crippen LogP contribution in [0.15, 0.2) is 0 Å². The van der Waals surface area contributed by atoms with Crippen LogP contribution in [0, 0.1) is 5.41 Å². The molecule has 5 N–H and O–H groups in total. The summed E-state index contributed by atoms with van der Waals surface area (Å²) in [6.07, 6.45) is 3.43. The third-order valence-electron chi connectivity index (χ3n) is 3.89. The Bertz CT molecular complexity index is 549. The lowest BCUT2D eigenvalue weighted by atomic mass is 10.0. The number of thiophene rings is 1. The number of nitrogens with one attached hydrogen (secondary N) is 1. The number of amides is 1. The van der Waals surface area contributed by atoms with Gasteiger partial charge in [0, 0.05) is 6.54 Å². The SMILES string of the molecule is CCC1(CNc2sc(C(N)=O)c(N)c2C(=O)OC)CC1. The summed E-state index contributed by atoms with van der Waals surface area (Å²) in [5, 5.41) is 3.79. The normalized spacial score (nSPS) is 15.7. The number of carbonyl (C=O) groups is 2. The van der Waals surface area contributed by atoms with Gasteiger partial charge in [0.1, 0.15) is 15.4 Å². The second-order valence-electron chi connectivity index (χ2n) is 5.11. The Morgan fingerprint density at radius 1 is 1.45 bits per heavy atom. The van der Waals surface area contributed by atoms with Crippen LogP contribution in [0.2, 0.25) is 0 Å². The van der Waals surface area contributed by atoms with Crippen molar-refractivity contribution in [2.75, 3.05) is 24.7 Å². The van der Waals surface area contributed by atoms with E-state index in [4.69, 9.17) is 16.2 Å². The topological polar surface area (TPSA) is 107 Å². The maximum absolute atomic E-state index is 11.8. The number of rotatable bonds is 6. The third-order valence-corrected chi connectivity index (χ3v) is 5.07. The van der Waals surface area contributed by atoms with Gasteiger partial charge in [0.05, 0.1) is 12.8 Å². The maximum Gasteiger partial charge on any atom is 0.343 e. The van der Waals surface area contributed by atoms with Crippen molar-refractivity contribution in [1.82, 2.24) is 0 Å². The molecule has 6 nitrogen and oxygen atoms in total. The monoisotopic (exact) mass is 297 g/mol. The van der Waals surface area contributed by atoms with Crippen LogP contribution < -0.4 is 16.8 Å². The van der Waals surface area contributed by atoms with Gasteiger partial charge >= 0.3 is 5.97 Å². The van der Waals surface area contributed by atoms with Crippen molar-refractivity contribution in [3.05, 3.63) is 10.4 Å². The molecule has 1 saturated carbocycles. The first-order valence-electron chi connectivity index (χ1n) is 6.48. The number of methoxy groups -OCH3 is 1. The molecule has 110 valence electrons. The summed E-state index contributed by atoms with van der Waals surface area (Å²) in [4.78, 5) is 23.3. The van der Waals surface area contributed by atoms with Crippen molar-refractivity contribution in [3.8, 4) is 0 Å². The summed E-state index contributed by atoms with van der Waals surface area (Å²) in [6, 6.07) is 0. The highest BCUT2D eigenvalue weighted by Gasteiger charge is 2.40. The summed E-state index contributed by atoms with van der Waals surface area (Å²) in [7, 11) is 1.28. The quantitative estimate of drug-likeness (QED) is 0.694. The van der Waals surface area contributed by atoms with Crippen LogP contribution >= 0.6 is 11.3 Å². The van der Waals surface area contributed by atoms with Crippen LogP contribution in [0.25, 0.3) is 0 Å². The Morgan fingerprint density at radius 2 is 2.10 bits per heavy atom. The fourth-order valence-electron chi connectivity index (χ4n) is 2.16. The fraction of sp³-hybridized carbons (Fsp3) is 0.538. The summed E-state index contributed by atoms with van der Waals surface area (Å²) in [6.45, 7) is 2.90. The first-order valence-corrected chi connectivity index (χ1v) is 7.30. The maximum atomic E-state index is 11.8. The highest BCUT2D eigenvalue weighted by Crippen LogP contribution is 2.49. The molecule has 0 atom stereocenters. The van der Waals surface area contributed by atoms with Crippen molar-refractivity contribution in [2.24, 2.45) is 11.1 Å². The van der Waals surface area contributed by atoms with Crippen LogP contribution in [0.1, 0.15) is 46.2 Å². The Kier molecular flexibility index (Phi) is 3.89. The number of hydrogen-bond acceptors (Lipinski definition) is 6. The molecule has 1 aliphatic carbocycles. The van der Waals surface area contributed by atoms with Gasteiger partial charge in [-0.3, -0.25) is 4.79 Å². The fourth-order valence-corrected chi connectivity index (χ4v) is 3.11. The molecule has 7 heteroatoms. The van der Waals surface area contributed by atoms with E-state index in [1.165, 1.54) is 20.0 Å². The minimum Gasteiger partial charge on any atom is -0.465 e. The third kappa shape index (κ3) is 2.58. The molecule has 2 rings (SSSR count). The zero-order valence-corrected chi connectivity index (χ0v) is 12.4. The second kappa shape index (κ2) is 5.32. The Labute approximate surface area is 121 Å². The average molecular weight is 297 g/mol. The second-order valence-corrected chi connectivity index (χ2v) is 6.13. The zero-order chi connectivity index (χ0) is 14.9. The molecule has 1 aromatic rings. The molecule has 1 aliphatic rings. The van der Waals surface area contributed by atoms with Crippen LogP contribution in [0.5, 0.6) is 0 Å². The van der Waals surface area contributed by atoms with E-state index in [9.17, 15) is 9.59 Å². The summed E-state index contributed by atoms with van der Waals surface area (Å²) < 4.78 is 4.72. The molecule has 0 bridgehead atoms. The van der Waals surface area contributed by atoms with Crippen molar-refractivity contribution in [2.45, 2.75) is 26.2 Å². The van der Waals surface area contributed by atoms with Crippen LogP contribution in [0.4, 0.5) is 10.7 Å². The van der Waals surface area contributed by atoms with E-state index in [1.54, 1.807) is 0 Å². The highest BCUT2D eigenvalue weighted by atomic mass is 32.1. The van der Waals surface area contributed by atoms with E-state index in [0.29, 0.717) is 10.4 Å². The molecule has 0 saturated heterocycles. The first-order chi connectivity index (χ1) is 9.44. The van der Waals surface area contributed by atoms with Gasteiger partial charge in [0.15, 0.2) is 0 Å². The Balaban J connectivity index is 2.28. The van der Waals surface area contributed by atoms with Gasteiger partial charge in [0.2, 0.25) is 0 Å². The van der Waals surface area contributed by atoms with Gasteiger partial charge < -0.3 is 21.5 Å².